The fourth-order valence-corrected chi connectivity index (χ4v) is 2.37. The molecule has 0 atom stereocenters. The lowest BCUT2D eigenvalue weighted by Gasteiger charge is -2.03. The summed E-state index contributed by atoms with van der Waals surface area (Å²) in [6.45, 7) is 7.66. The molecule has 0 aromatic heterocycles. The van der Waals surface area contributed by atoms with Crippen molar-refractivity contribution in [1.29, 1.82) is 0 Å². The number of carbonyl (C=O) groups is 2. The summed E-state index contributed by atoms with van der Waals surface area (Å²) in [6, 6.07) is 17.8. The summed E-state index contributed by atoms with van der Waals surface area (Å²) in [5.41, 5.74) is 3.18. The van der Waals surface area contributed by atoms with Crippen molar-refractivity contribution in [3.8, 4) is 0 Å². The number of carbonyl (C=O) groups excluding carboxylic acids is 2. The van der Waals surface area contributed by atoms with E-state index in [1.807, 2.05) is 80.6 Å². The van der Waals surface area contributed by atoms with Crippen molar-refractivity contribution >= 4 is 25.5 Å². The first-order valence-corrected chi connectivity index (χ1v) is 10.6. The van der Waals surface area contributed by atoms with Crippen LogP contribution in [0.2, 0.25) is 6.32 Å². The molecule has 0 aliphatic heterocycles. The van der Waals surface area contributed by atoms with Crippen molar-refractivity contribution in [2.75, 3.05) is 0 Å². The van der Waals surface area contributed by atoms with Gasteiger partial charge in [-0.3, -0.25) is 4.79 Å². The summed E-state index contributed by atoms with van der Waals surface area (Å²) >= 11 is 0. The van der Waals surface area contributed by atoms with Crippen LogP contribution in [0, 0.1) is 0 Å². The molecular weight excluding hydrogens is 355 g/mol. The molecule has 2 rings (SSSR count). The van der Waals surface area contributed by atoms with Crippen LogP contribution >= 0.6 is 0 Å². The highest BCUT2D eigenvalue weighted by Gasteiger charge is 2.05. The highest BCUT2D eigenvalue weighted by Crippen LogP contribution is 2.10. The van der Waals surface area contributed by atoms with E-state index in [9.17, 15) is 9.59 Å². The van der Waals surface area contributed by atoms with E-state index in [0.717, 1.165) is 35.9 Å². The maximum absolute atomic E-state index is 12.1. The molecule has 0 heterocycles. The zero-order valence-electron chi connectivity index (χ0n) is 18.5. The molecule has 29 heavy (non-hydrogen) atoms. The highest BCUT2D eigenvalue weighted by molar-refractivity contribution is 6.08. The highest BCUT2D eigenvalue weighted by atomic mass is 16.1. The van der Waals surface area contributed by atoms with E-state index in [-0.39, 0.29) is 11.6 Å². The van der Waals surface area contributed by atoms with E-state index in [2.05, 4.69) is 6.92 Å². The molecule has 0 aliphatic rings. The van der Waals surface area contributed by atoms with Gasteiger partial charge in [0, 0.05) is 19.3 Å². The fourth-order valence-electron chi connectivity index (χ4n) is 2.37. The molecule has 2 aromatic carbocycles. The standard InChI is InChI=1S/C21H22O2.C3H7B.C2H6/c1-17(22)7-5-6-8-18-11-13-20(14-12-18)16-21(23)15-19-9-3-2-4-10-19;1-2-3-4;1-2/h2-4,6,8-14H,5,7,15-16H2,1H3;2-3H2,1H3;1-2H3/b8-6+;;. The second kappa shape index (κ2) is 17.7. The van der Waals surface area contributed by atoms with Crippen LogP contribution < -0.4 is 0 Å². The number of Topliss-reactive ketones (excluding diaryl/α,β-unsaturated/α-hetero) is 2. The first-order chi connectivity index (χ1) is 14.0. The van der Waals surface area contributed by atoms with E-state index < -0.39 is 0 Å². The Balaban J connectivity index is 0.00000116. The average molecular weight is 390 g/mol. The lowest BCUT2D eigenvalue weighted by atomic mass is 10.0. The molecular formula is C26H35BO2. The lowest BCUT2D eigenvalue weighted by Crippen LogP contribution is -2.06. The van der Waals surface area contributed by atoms with Crippen LogP contribution in [0.4, 0.5) is 0 Å². The molecule has 0 unspecified atom stereocenters. The van der Waals surface area contributed by atoms with Crippen molar-refractivity contribution in [2.45, 2.75) is 66.1 Å². The SMILES string of the molecule is CC.CC(=O)CC/C=C/c1ccc(CC(=O)Cc2ccccc2)cc1.[B]CCC. The van der Waals surface area contributed by atoms with Gasteiger partial charge in [-0.25, -0.2) is 0 Å². The summed E-state index contributed by atoms with van der Waals surface area (Å²) in [6.07, 6.45) is 8.24. The first kappa shape index (κ1) is 26.6. The molecule has 2 radical (unpaired) electrons. The van der Waals surface area contributed by atoms with E-state index in [1.165, 1.54) is 0 Å². The Labute approximate surface area is 178 Å². The Morgan fingerprint density at radius 2 is 1.41 bits per heavy atom. The molecule has 0 saturated heterocycles. The average Bonchev–Trinajstić information content (AvgIpc) is 2.74. The van der Waals surface area contributed by atoms with Crippen LogP contribution in [0.5, 0.6) is 0 Å². The molecule has 3 heteroatoms. The van der Waals surface area contributed by atoms with Gasteiger partial charge in [0.15, 0.2) is 0 Å². The Morgan fingerprint density at radius 1 is 0.897 bits per heavy atom. The van der Waals surface area contributed by atoms with Gasteiger partial charge in [-0.1, -0.05) is 100 Å². The molecule has 2 aromatic rings. The fraction of sp³-hybridized carbons (Fsp3) is 0.385. The van der Waals surface area contributed by atoms with Gasteiger partial charge in [-0.15, -0.1) is 0 Å². The second-order valence-corrected chi connectivity index (χ2v) is 6.55. The smallest absolute Gasteiger partial charge is 0.141 e. The molecule has 0 amide bonds. The predicted molar refractivity (Wildman–Crippen MR) is 126 cm³/mol. The van der Waals surface area contributed by atoms with Gasteiger partial charge in [-0.05, 0) is 30.0 Å². The summed E-state index contributed by atoms with van der Waals surface area (Å²) in [4.78, 5) is 23.0. The van der Waals surface area contributed by atoms with Crippen LogP contribution in [-0.4, -0.2) is 19.4 Å². The van der Waals surface area contributed by atoms with E-state index in [0.29, 0.717) is 19.3 Å². The minimum atomic E-state index is 0.210. The summed E-state index contributed by atoms with van der Waals surface area (Å²) in [5.74, 6) is 0.433. The number of rotatable bonds is 9. The van der Waals surface area contributed by atoms with Crippen LogP contribution in [0.15, 0.2) is 60.7 Å². The number of hydrogen-bond donors (Lipinski definition) is 0. The minimum Gasteiger partial charge on any atom is -0.300 e. The predicted octanol–water partition coefficient (Wildman–Crippen LogP) is 6.43. The van der Waals surface area contributed by atoms with Crippen molar-refractivity contribution in [3.63, 3.8) is 0 Å². The van der Waals surface area contributed by atoms with Gasteiger partial charge in [0.1, 0.15) is 11.6 Å². The van der Waals surface area contributed by atoms with Gasteiger partial charge >= 0.3 is 0 Å². The van der Waals surface area contributed by atoms with E-state index in [4.69, 9.17) is 7.85 Å². The van der Waals surface area contributed by atoms with Gasteiger partial charge in [-0.2, -0.15) is 0 Å². The van der Waals surface area contributed by atoms with Gasteiger partial charge < -0.3 is 4.79 Å². The number of hydrogen-bond acceptors (Lipinski definition) is 2. The van der Waals surface area contributed by atoms with Gasteiger partial charge in [0.25, 0.3) is 0 Å². The maximum atomic E-state index is 12.1. The van der Waals surface area contributed by atoms with Crippen LogP contribution in [0.1, 0.15) is 63.6 Å². The van der Waals surface area contributed by atoms with E-state index >= 15 is 0 Å². The summed E-state index contributed by atoms with van der Waals surface area (Å²) < 4.78 is 0. The minimum absolute atomic E-state index is 0.210. The Hall–Kier alpha value is -2.42. The van der Waals surface area contributed by atoms with Crippen molar-refractivity contribution in [1.82, 2.24) is 0 Å². The third-order valence-electron chi connectivity index (χ3n) is 3.89. The number of allylic oxidation sites excluding steroid dienone is 1. The zero-order valence-corrected chi connectivity index (χ0v) is 18.5. The molecule has 0 N–H and O–H groups in total. The number of benzene rings is 2. The van der Waals surface area contributed by atoms with Crippen molar-refractivity contribution < 1.29 is 9.59 Å². The monoisotopic (exact) mass is 390 g/mol. The van der Waals surface area contributed by atoms with Gasteiger partial charge in [0.05, 0.1) is 7.85 Å². The summed E-state index contributed by atoms with van der Waals surface area (Å²) in [5, 5.41) is 0. The van der Waals surface area contributed by atoms with E-state index in [1.54, 1.807) is 6.92 Å². The molecule has 2 nitrogen and oxygen atoms in total. The Morgan fingerprint density at radius 3 is 1.90 bits per heavy atom. The second-order valence-electron chi connectivity index (χ2n) is 6.55. The third kappa shape index (κ3) is 14.3. The molecule has 0 bridgehead atoms. The van der Waals surface area contributed by atoms with Crippen LogP contribution in [0.25, 0.3) is 6.08 Å². The third-order valence-corrected chi connectivity index (χ3v) is 3.89. The lowest BCUT2D eigenvalue weighted by molar-refractivity contribution is -0.118. The van der Waals surface area contributed by atoms with Gasteiger partial charge in [0.2, 0.25) is 0 Å². The molecule has 0 fully saturated rings. The molecule has 154 valence electrons. The normalized spacial score (nSPS) is 9.79. The zero-order chi connectivity index (χ0) is 21.9. The Bertz CT molecular complexity index is 701. The summed E-state index contributed by atoms with van der Waals surface area (Å²) in [7, 11) is 5.03. The maximum Gasteiger partial charge on any atom is 0.141 e. The number of ketones is 2. The van der Waals surface area contributed by atoms with Crippen LogP contribution in [0.3, 0.4) is 0 Å². The molecule has 0 aliphatic carbocycles. The molecule has 0 saturated carbocycles. The van der Waals surface area contributed by atoms with Crippen LogP contribution in [-0.2, 0) is 22.4 Å². The van der Waals surface area contributed by atoms with Crippen molar-refractivity contribution in [2.24, 2.45) is 0 Å². The molecule has 0 spiro atoms. The quantitative estimate of drug-likeness (QED) is 0.462. The Kier molecular flexibility index (Phi) is 16.2. The van der Waals surface area contributed by atoms with Crippen molar-refractivity contribution in [3.05, 3.63) is 77.4 Å². The topological polar surface area (TPSA) is 34.1 Å². The largest absolute Gasteiger partial charge is 0.300 e. The first-order valence-electron chi connectivity index (χ1n) is 10.6.